The summed E-state index contributed by atoms with van der Waals surface area (Å²) in [6, 6.07) is -0.976. The van der Waals surface area contributed by atoms with Crippen LogP contribution in [0, 0.1) is 5.92 Å². The molecule has 9 nitrogen and oxygen atoms in total. The Kier molecular flexibility index (Phi) is 11.7. The molecular formula is C20H35N3O6. The van der Waals surface area contributed by atoms with Gasteiger partial charge in [-0.15, -0.1) is 0 Å². The standard InChI is InChI=1S/C20H35N3O6/c1-13(2)14(3)17(18(27)22-12-16(25)26)23-15(24)10-8-7-9-11-21-19(28)29-20(4,5)6/h13,17H,3,7-12H2,1-2,4-6H3,(H,21,28)(H,22,27)(H,23,24)(H,25,26)/t17-/m0/s1. The van der Waals surface area contributed by atoms with Crippen LogP contribution in [0.15, 0.2) is 12.2 Å². The normalized spacial score (nSPS) is 12.1. The highest BCUT2D eigenvalue weighted by atomic mass is 16.6. The topological polar surface area (TPSA) is 134 Å². The van der Waals surface area contributed by atoms with Gasteiger partial charge in [0.15, 0.2) is 0 Å². The number of carbonyl (C=O) groups excluding carboxylic acids is 3. The molecule has 0 heterocycles. The van der Waals surface area contributed by atoms with Crippen LogP contribution in [0.3, 0.4) is 0 Å². The molecule has 0 aliphatic rings. The minimum atomic E-state index is -1.17. The SMILES string of the molecule is C=C(C(C)C)[C@H](NC(=O)CCCCCNC(=O)OC(C)(C)C)C(=O)NCC(=O)O. The van der Waals surface area contributed by atoms with Gasteiger partial charge in [-0.25, -0.2) is 4.79 Å². The number of aliphatic carboxylic acids is 1. The fraction of sp³-hybridized carbons (Fsp3) is 0.700. The second kappa shape index (κ2) is 12.8. The van der Waals surface area contributed by atoms with Crippen molar-refractivity contribution in [1.82, 2.24) is 16.0 Å². The lowest BCUT2D eigenvalue weighted by molar-refractivity contribution is -0.138. The number of ether oxygens (including phenoxy) is 1. The van der Waals surface area contributed by atoms with E-state index in [0.29, 0.717) is 31.4 Å². The molecule has 9 heteroatoms. The molecule has 0 radical (unpaired) electrons. The minimum Gasteiger partial charge on any atom is -0.480 e. The van der Waals surface area contributed by atoms with E-state index in [2.05, 4.69) is 22.5 Å². The fourth-order valence-electron chi connectivity index (χ4n) is 2.25. The molecule has 0 unspecified atom stereocenters. The third kappa shape index (κ3) is 13.3. The van der Waals surface area contributed by atoms with Gasteiger partial charge in [-0.1, -0.05) is 26.8 Å². The van der Waals surface area contributed by atoms with Crippen LogP contribution in [0.5, 0.6) is 0 Å². The maximum Gasteiger partial charge on any atom is 0.407 e. The molecule has 4 N–H and O–H groups in total. The summed E-state index contributed by atoms with van der Waals surface area (Å²) in [5.41, 5.74) is -0.0436. The first kappa shape index (κ1) is 26.4. The lowest BCUT2D eigenvalue weighted by Gasteiger charge is -2.22. The molecule has 0 spiro atoms. The first-order valence-electron chi connectivity index (χ1n) is 9.78. The van der Waals surface area contributed by atoms with E-state index >= 15 is 0 Å². The summed E-state index contributed by atoms with van der Waals surface area (Å²) in [7, 11) is 0. The number of carboxylic acids is 1. The Morgan fingerprint density at radius 1 is 1.03 bits per heavy atom. The number of unbranched alkanes of at least 4 members (excludes halogenated alkanes) is 2. The van der Waals surface area contributed by atoms with Crippen LogP contribution in [-0.2, 0) is 19.1 Å². The summed E-state index contributed by atoms with van der Waals surface area (Å²) >= 11 is 0. The Balaban J connectivity index is 4.31. The summed E-state index contributed by atoms with van der Waals surface area (Å²) in [4.78, 5) is 46.5. The molecular weight excluding hydrogens is 378 g/mol. The first-order valence-corrected chi connectivity index (χ1v) is 9.78. The number of nitrogens with one attached hydrogen (secondary N) is 3. The average Bonchev–Trinajstić information content (AvgIpc) is 2.58. The van der Waals surface area contributed by atoms with Gasteiger partial charge in [0.2, 0.25) is 11.8 Å². The Labute approximate surface area is 172 Å². The van der Waals surface area contributed by atoms with Crippen LogP contribution in [0.2, 0.25) is 0 Å². The van der Waals surface area contributed by atoms with Crippen molar-refractivity contribution in [3.05, 3.63) is 12.2 Å². The number of hydrogen-bond donors (Lipinski definition) is 4. The fourth-order valence-corrected chi connectivity index (χ4v) is 2.25. The molecule has 0 rings (SSSR count). The maximum atomic E-state index is 12.2. The number of carbonyl (C=O) groups is 4. The molecule has 166 valence electrons. The van der Waals surface area contributed by atoms with Gasteiger partial charge in [0.1, 0.15) is 18.2 Å². The van der Waals surface area contributed by atoms with Gasteiger partial charge in [-0.05, 0) is 45.1 Å². The van der Waals surface area contributed by atoms with Gasteiger partial charge in [-0.2, -0.15) is 0 Å². The Morgan fingerprint density at radius 3 is 2.17 bits per heavy atom. The number of hydrogen-bond acceptors (Lipinski definition) is 5. The van der Waals surface area contributed by atoms with Gasteiger partial charge >= 0.3 is 12.1 Å². The van der Waals surface area contributed by atoms with Crippen molar-refractivity contribution in [1.29, 1.82) is 0 Å². The van der Waals surface area contributed by atoms with Crippen molar-refractivity contribution >= 4 is 23.9 Å². The van der Waals surface area contributed by atoms with Gasteiger partial charge in [0.25, 0.3) is 0 Å². The van der Waals surface area contributed by atoms with Crippen LogP contribution in [0.25, 0.3) is 0 Å². The molecule has 0 aromatic rings. The number of rotatable bonds is 12. The van der Waals surface area contributed by atoms with Gasteiger partial charge in [-0.3, -0.25) is 14.4 Å². The molecule has 0 aliphatic carbocycles. The zero-order valence-electron chi connectivity index (χ0n) is 18.1. The van der Waals surface area contributed by atoms with Crippen molar-refractivity contribution < 1.29 is 29.0 Å². The average molecular weight is 414 g/mol. The highest BCUT2D eigenvalue weighted by molar-refractivity contribution is 5.91. The second-order valence-corrected chi connectivity index (χ2v) is 8.08. The van der Waals surface area contributed by atoms with Gasteiger partial charge in [0, 0.05) is 13.0 Å². The minimum absolute atomic E-state index is 0.0604. The van der Waals surface area contributed by atoms with Crippen molar-refractivity contribution in [2.24, 2.45) is 5.92 Å². The van der Waals surface area contributed by atoms with Crippen molar-refractivity contribution in [3.63, 3.8) is 0 Å². The molecule has 0 saturated carbocycles. The predicted molar refractivity (Wildman–Crippen MR) is 109 cm³/mol. The zero-order chi connectivity index (χ0) is 22.6. The van der Waals surface area contributed by atoms with E-state index in [-0.39, 0.29) is 18.2 Å². The summed E-state index contributed by atoms with van der Waals surface area (Å²) in [6.07, 6.45) is 1.72. The molecule has 0 aromatic heterocycles. The third-order valence-electron chi connectivity index (χ3n) is 3.84. The van der Waals surface area contributed by atoms with E-state index < -0.39 is 36.2 Å². The van der Waals surface area contributed by atoms with Crippen molar-refractivity contribution in [3.8, 4) is 0 Å². The molecule has 0 bridgehead atoms. The van der Waals surface area contributed by atoms with Crippen LogP contribution < -0.4 is 16.0 Å². The summed E-state index contributed by atoms with van der Waals surface area (Å²) in [6.45, 7) is 12.8. The second-order valence-electron chi connectivity index (χ2n) is 8.08. The summed E-state index contributed by atoms with van der Waals surface area (Å²) < 4.78 is 5.13. The van der Waals surface area contributed by atoms with E-state index in [0.717, 1.165) is 0 Å². The smallest absolute Gasteiger partial charge is 0.407 e. The molecule has 0 aromatic carbocycles. The zero-order valence-corrected chi connectivity index (χ0v) is 18.1. The predicted octanol–water partition coefficient (Wildman–Crippen LogP) is 1.97. The van der Waals surface area contributed by atoms with Crippen LogP contribution in [-0.4, -0.2) is 53.7 Å². The highest BCUT2D eigenvalue weighted by Gasteiger charge is 2.25. The third-order valence-corrected chi connectivity index (χ3v) is 3.84. The van der Waals surface area contributed by atoms with Crippen molar-refractivity contribution in [2.75, 3.05) is 13.1 Å². The molecule has 0 fully saturated rings. The lowest BCUT2D eigenvalue weighted by Crippen LogP contribution is -2.49. The lowest BCUT2D eigenvalue weighted by atomic mass is 9.96. The van der Waals surface area contributed by atoms with E-state index in [9.17, 15) is 19.2 Å². The largest absolute Gasteiger partial charge is 0.480 e. The van der Waals surface area contributed by atoms with E-state index in [1.165, 1.54) is 0 Å². The Morgan fingerprint density at radius 2 is 1.66 bits per heavy atom. The van der Waals surface area contributed by atoms with Crippen molar-refractivity contribution in [2.45, 2.75) is 71.9 Å². The van der Waals surface area contributed by atoms with E-state index in [1.807, 2.05) is 13.8 Å². The number of carboxylic acid groups (broad SMARTS) is 1. The molecule has 0 saturated heterocycles. The van der Waals surface area contributed by atoms with Gasteiger partial charge in [0.05, 0.1) is 0 Å². The maximum absolute atomic E-state index is 12.2. The quantitative estimate of drug-likeness (QED) is 0.285. The molecule has 3 amide bonds. The monoisotopic (exact) mass is 413 g/mol. The molecule has 1 atom stereocenters. The first-order chi connectivity index (χ1) is 13.3. The van der Waals surface area contributed by atoms with E-state index in [1.54, 1.807) is 20.8 Å². The summed E-state index contributed by atoms with van der Waals surface area (Å²) in [5, 5.41) is 16.2. The molecule has 29 heavy (non-hydrogen) atoms. The Hall–Kier alpha value is -2.58. The van der Waals surface area contributed by atoms with E-state index in [4.69, 9.17) is 9.84 Å². The Bertz CT molecular complexity index is 596. The summed E-state index contributed by atoms with van der Waals surface area (Å²) in [5.74, 6) is -2.14. The number of amides is 3. The highest BCUT2D eigenvalue weighted by Crippen LogP contribution is 2.13. The van der Waals surface area contributed by atoms with Crippen LogP contribution in [0.1, 0.15) is 60.3 Å². The molecule has 0 aliphatic heterocycles. The van der Waals surface area contributed by atoms with Crippen LogP contribution >= 0.6 is 0 Å². The number of alkyl carbamates (subject to hydrolysis) is 1. The van der Waals surface area contributed by atoms with Crippen LogP contribution in [0.4, 0.5) is 4.79 Å². The van der Waals surface area contributed by atoms with Gasteiger partial charge < -0.3 is 25.8 Å².